The highest BCUT2D eigenvalue weighted by atomic mass is 16.5. The summed E-state index contributed by atoms with van der Waals surface area (Å²) in [5.41, 5.74) is 9.31. The molecule has 1 fully saturated rings. The molecule has 0 bridgehead atoms. The van der Waals surface area contributed by atoms with Gasteiger partial charge in [0.2, 0.25) is 5.91 Å². The lowest BCUT2D eigenvalue weighted by Crippen LogP contribution is -2.11. The molecule has 138 valence electrons. The number of nitrogens with zero attached hydrogens (tertiary/aromatic N) is 3. The fourth-order valence-electron chi connectivity index (χ4n) is 3.21. The molecular formula is C20H20N4O3. The van der Waals surface area contributed by atoms with Crippen LogP contribution in [0.15, 0.2) is 30.3 Å². The van der Waals surface area contributed by atoms with E-state index in [9.17, 15) is 9.59 Å². The van der Waals surface area contributed by atoms with Gasteiger partial charge in [0.1, 0.15) is 6.61 Å². The minimum absolute atomic E-state index is 0.111. The first kappa shape index (κ1) is 17.2. The largest absolute Gasteiger partial charge is 0.457 e. The molecule has 2 aromatic heterocycles. The average molecular weight is 364 g/mol. The van der Waals surface area contributed by atoms with Crippen molar-refractivity contribution in [2.75, 3.05) is 0 Å². The van der Waals surface area contributed by atoms with Gasteiger partial charge in [0, 0.05) is 24.2 Å². The van der Waals surface area contributed by atoms with Crippen molar-refractivity contribution in [3.63, 3.8) is 0 Å². The Hall–Kier alpha value is -3.22. The summed E-state index contributed by atoms with van der Waals surface area (Å²) < 4.78 is 7.23. The van der Waals surface area contributed by atoms with Crippen molar-refractivity contribution in [3.05, 3.63) is 58.4 Å². The van der Waals surface area contributed by atoms with Crippen molar-refractivity contribution in [1.29, 1.82) is 0 Å². The van der Waals surface area contributed by atoms with E-state index < -0.39 is 11.9 Å². The van der Waals surface area contributed by atoms with Crippen LogP contribution in [0, 0.1) is 6.92 Å². The summed E-state index contributed by atoms with van der Waals surface area (Å²) >= 11 is 0. The normalized spacial score (nSPS) is 13.7. The van der Waals surface area contributed by atoms with Gasteiger partial charge in [-0.1, -0.05) is 12.1 Å². The number of fused-ring (bicyclic) bond motifs is 1. The van der Waals surface area contributed by atoms with Gasteiger partial charge < -0.3 is 10.5 Å². The molecule has 0 saturated heterocycles. The van der Waals surface area contributed by atoms with E-state index >= 15 is 0 Å². The van der Waals surface area contributed by atoms with E-state index in [1.165, 1.54) is 0 Å². The molecule has 1 saturated carbocycles. The number of pyridine rings is 1. The Balaban J connectivity index is 1.61. The molecule has 4 rings (SSSR count). The molecule has 2 heterocycles. The molecule has 1 aliphatic rings. The third-order valence-electron chi connectivity index (χ3n) is 4.81. The standard InChI is InChI=1S/C20H20N4O3/c1-11-17-15(9-16(13-7-8-13)22-19(17)24(2)23-11)20(26)27-10-12-3-5-14(6-4-12)18(21)25/h3-6,9,13H,7-8,10H2,1-2H3,(H2,21,25). The Morgan fingerprint density at radius 1 is 1.26 bits per heavy atom. The zero-order valence-corrected chi connectivity index (χ0v) is 15.2. The number of primary amides is 1. The Kier molecular flexibility index (Phi) is 4.14. The number of esters is 1. The molecule has 0 atom stereocenters. The second kappa shape index (κ2) is 6.50. The van der Waals surface area contributed by atoms with E-state index in [1.54, 1.807) is 28.9 Å². The minimum atomic E-state index is -0.489. The van der Waals surface area contributed by atoms with Crippen LogP contribution in [0.4, 0.5) is 0 Å². The maximum absolute atomic E-state index is 12.8. The lowest BCUT2D eigenvalue weighted by atomic mass is 10.1. The number of aromatic nitrogens is 3. The summed E-state index contributed by atoms with van der Waals surface area (Å²) in [6.45, 7) is 1.97. The molecule has 2 N–H and O–H groups in total. The van der Waals surface area contributed by atoms with Gasteiger partial charge in [0.05, 0.1) is 16.6 Å². The van der Waals surface area contributed by atoms with E-state index in [1.807, 2.05) is 20.0 Å². The van der Waals surface area contributed by atoms with Gasteiger partial charge in [-0.05, 0) is 43.5 Å². The molecule has 7 heteroatoms. The number of rotatable bonds is 5. The highest BCUT2D eigenvalue weighted by Gasteiger charge is 2.28. The quantitative estimate of drug-likeness (QED) is 0.702. The lowest BCUT2D eigenvalue weighted by molar-refractivity contribution is 0.0474. The number of hydrogen-bond donors (Lipinski definition) is 1. The van der Waals surface area contributed by atoms with E-state index in [-0.39, 0.29) is 6.61 Å². The monoisotopic (exact) mass is 364 g/mol. The molecule has 1 aliphatic carbocycles. The van der Waals surface area contributed by atoms with Gasteiger partial charge >= 0.3 is 5.97 Å². The number of carbonyl (C=O) groups is 2. The average Bonchev–Trinajstić information content (AvgIpc) is 3.46. The number of amides is 1. The molecule has 1 amide bonds. The second-order valence-electron chi connectivity index (χ2n) is 6.91. The molecule has 27 heavy (non-hydrogen) atoms. The molecule has 3 aromatic rings. The zero-order chi connectivity index (χ0) is 19.1. The summed E-state index contributed by atoms with van der Waals surface area (Å²) in [4.78, 5) is 28.6. The molecule has 0 unspecified atom stereocenters. The SMILES string of the molecule is Cc1nn(C)c2nc(C3CC3)cc(C(=O)OCc3ccc(C(N)=O)cc3)c12. The van der Waals surface area contributed by atoms with Gasteiger partial charge in [-0.15, -0.1) is 0 Å². The third kappa shape index (κ3) is 3.28. The van der Waals surface area contributed by atoms with Crippen LogP contribution in [-0.2, 0) is 18.4 Å². The molecule has 0 radical (unpaired) electrons. The van der Waals surface area contributed by atoms with E-state index in [4.69, 9.17) is 15.5 Å². The highest BCUT2D eigenvalue weighted by Crippen LogP contribution is 2.40. The predicted molar refractivity (Wildman–Crippen MR) is 99.3 cm³/mol. The van der Waals surface area contributed by atoms with Gasteiger partial charge in [-0.25, -0.2) is 9.78 Å². The van der Waals surface area contributed by atoms with Crippen molar-refractivity contribution in [1.82, 2.24) is 14.8 Å². The van der Waals surface area contributed by atoms with Crippen LogP contribution >= 0.6 is 0 Å². The second-order valence-corrected chi connectivity index (χ2v) is 6.91. The number of ether oxygens (including phenoxy) is 1. The van der Waals surface area contributed by atoms with E-state index in [0.29, 0.717) is 22.7 Å². The van der Waals surface area contributed by atoms with Crippen LogP contribution in [0.5, 0.6) is 0 Å². The fourth-order valence-corrected chi connectivity index (χ4v) is 3.21. The van der Waals surface area contributed by atoms with Crippen molar-refractivity contribution in [2.45, 2.75) is 32.3 Å². The molecular weight excluding hydrogens is 344 g/mol. The maximum atomic E-state index is 12.8. The molecule has 0 aliphatic heterocycles. The van der Waals surface area contributed by atoms with Crippen LogP contribution in [0.2, 0.25) is 0 Å². The van der Waals surface area contributed by atoms with Crippen LogP contribution in [0.1, 0.15) is 56.4 Å². The smallest absolute Gasteiger partial charge is 0.339 e. The fraction of sp³-hybridized carbons (Fsp3) is 0.300. The topological polar surface area (TPSA) is 100 Å². The van der Waals surface area contributed by atoms with Crippen molar-refractivity contribution in [3.8, 4) is 0 Å². The van der Waals surface area contributed by atoms with Crippen molar-refractivity contribution >= 4 is 22.9 Å². The van der Waals surface area contributed by atoms with Crippen LogP contribution in [0.3, 0.4) is 0 Å². The Morgan fingerprint density at radius 2 is 1.96 bits per heavy atom. The maximum Gasteiger partial charge on any atom is 0.339 e. The van der Waals surface area contributed by atoms with E-state index in [2.05, 4.69) is 5.10 Å². The summed E-state index contributed by atoms with van der Waals surface area (Å²) in [5, 5.41) is 5.13. The van der Waals surface area contributed by atoms with Gasteiger partial charge in [-0.2, -0.15) is 5.10 Å². The summed E-state index contributed by atoms with van der Waals surface area (Å²) in [5.74, 6) is -0.478. The zero-order valence-electron chi connectivity index (χ0n) is 15.2. The van der Waals surface area contributed by atoms with Crippen LogP contribution in [0.25, 0.3) is 11.0 Å². The van der Waals surface area contributed by atoms with Gasteiger partial charge in [0.25, 0.3) is 0 Å². The third-order valence-corrected chi connectivity index (χ3v) is 4.81. The number of nitrogens with two attached hydrogens (primary N) is 1. The molecule has 0 spiro atoms. The Labute approximate surface area is 156 Å². The van der Waals surface area contributed by atoms with Crippen LogP contribution in [-0.4, -0.2) is 26.6 Å². The Morgan fingerprint density at radius 3 is 2.59 bits per heavy atom. The predicted octanol–water partition coefficient (Wildman–Crippen LogP) is 2.61. The van der Waals surface area contributed by atoms with Gasteiger partial charge in [-0.3, -0.25) is 9.48 Å². The first-order chi connectivity index (χ1) is 12.9. The Bertz CT molecular complexity index is 1050. The highest BCUT2D eigenvalue weighted by molar-refractivity contribution is 6.04. The van der Waals surface area contributed by atoms with Crippen molar-refractivity contribution < 1.29 is 14.3 Å². The van der Waals surface area contributed by atoms with Crippen molar-refractivity contribution in [2.24, 2.45) is 12.8 Å². The summed E-state index contributed by atoms with van der Waals surface area (Å²) in [7, 11) is 1.83. The lowest BCUT2D eigenvalue weighted by Gasteiger charge is -2.09. The number of benzene rings is 1. The first-order valence-electron chi connectivity index (χ1n) is 8.84. The molecule has 7 nitrogen and oxygen atoms in total. The summed E-state index contributed by atoms with van der Waals surface area (Å²) in [6.07, 6.45) is 2.19. The number of hydrogen-bond acceptors (Lipinski definition) is 5. The van der Waals surface area contributed by atoms with Crippen LogP contribution < -0.4 is 5.73 Å². The minimum Gasteiger partial charge on any atom is -0.457 e. The van der Waals surface area contributed by atoms with E-state index in [0.717, 1.165) is 35.2 Å². The number of carbonyl (C=O) groups excluding carboxylic acids is 2. The summed E-state index contributed by atoms with van der Waals surface area (Å²) in [6, 6.07) is 8.52. The van der Waals surface area contributed by atoms with Gasteiger partial charge in [0.15, 0.2) is 5.65 Å². The molecule has 1 aromatic carbocycles. The first-order valence-corrected chi connectivity index (χ1v) is 8.84. The number of aryl methyl sites for hydroxylation is 2.